The van der Waals surface area contributed by atoms with E-state index in [1.807, 2.05) is 0 Å². The minimum atomic E-state index is 0.587. The highest BCUT2D eigenvalue weighted by Crippen LogP contribution is 2.14. The second-order valence-corrected chi connectivity index (χ2v) is 21.0. The van der Waals surface area contributed by atoms with Gasteiger partial charge in [-0.1, -0.05) is 103 Å². The Morgan fingerprint density at radius 3 is 0.359 bits per heavy atom. The summed E-state index contributed by atoms with van der Waals surface area (Å²) in [6.07, 6.45) is 26.1. The molecule has 464 valence electrons. The van der Waals surface area contributed by atoms with Crippen molar-refractivity contribution in [3.8, 4) is 0 Å². The Balaban J connectivity index is 1.12. The quantitative estimate of drug-likeness (QED) is 0.0801. The Hall–Kier alpha value is -0.720. The van der Waals surface area contributed by atoms with E-state index in [9.17, 15) is 0 Å². The number of rotatable bonds is 26. The van der Waals surface area contributed by atoms with E-state index in [4.69, 9.17) is 66.3 Å². The summed E-state index contributed by atoms with van der Waals surface area (Å²) in [6.45, 7) is 29.9. The van der Waals surface area contributed by atoms with Crippen LogP contribution < -0.4 is 0 Å². The van der Waals surface area contributed by atoms with Gasteiger partial charge < -0.3 is 66.3 Å². The van der Waals surface area contributed by atoms with Crippen LogP contribution in [-0.4, -0.2) is 283 Å². The Kier molecular flexibility index (Phi) is 54.5. The van der Waals surface area contributed by atoms with Gasteiger partial charge in [-0.3, -0.25) is 19.6 Å². The zero-order chi connectivity index (χ0) is 54.6. The number of hydrogen-bond acceptors (Lipinski definition) is 18. The lowest BCUT2D eigenvalue weighted by Crippen LogP contribution is -2.34. The summed E-state index contributed by atoms with van der Waals surface area (Å²) >= 11 is 0. The molecule has 18 nitrogen and oxygen atoms in total. The number of nitrogens with zero attached hydrogens (tertiary/aromatic N) is 4. The molecule has 0 aliphatic carbocycles. The van der Waals surface area contributed by atoms with Crippen LogP contribution in [0.3, 0.4) is 0 Å². The molecular weight excluding hydrogens is 1000 g/mol. The van der Waals surface area contributed by atoms with Gasteiger partial charge in [-0.15, -0.1) is 0 Å². The number of hydrogen-bond donors (Lipinski definition) is 0. The molecule has 3 rings (SSSR count). The van der Waals surface area contributed by atoms with Gasteiger partial charge in [0.15, 0.2) is 0 Å². The molecule has 0 aromatic carbocycles. The SMILES string of the molecule is C(CCCCCCN1CCOCCOCCN(CCCCCCCCCCCCN2CCOCCOCCOCCOCCOCC2)CCOCCOCC1)CCCCCN1CCOCCOCCOCCOCCOCC1. The molecule has 3 aliphatic rings. The average Bonchev–Trinajstić information content (AvgIpc) is 3.44. The van der Waals surface area contributed by atoms with E-state index in [2.05, 4.69) is 19.6 Å². The summed E-state index contributed by atoms with van der Waals surface area (Å²) in [5.41, 5.74) is 0. The zero-order valence-electron chi connectivity index (χ0n) is 49.9. The molecular formula is C60H120N4O14. The largest absolute Gasteiger partial charge is 0.378 e. The first-order valence-corrected chi connectivity index (χ1v) is 31.9. The van der Waals surface area contributed by atoms with E-state index >= 15 is 0 Å². The van der Waals surface area contributed by atoms with Crippen LogP contribution in [0.25, 0.3) is 0 Å². The molecule has 3 heterocycles. The highest BCUT2D eigenvalue weighted by molar-refractivity contribution is 4.63. The van der Waals surface area contributed by atoms with Crippen molar-refractivity contribution in [2.24, 2.45) is 0 Å². The second kappa shape index (κ2) is 59.4. The maximum atomic E-state index is 6.04. The molecule has 0 N–H and O–H groups in total. The Morgan fingerprint density at radius 2 is 0.231 bits per heavy atom. The van der Waals surface area contributed by atoms with Crippen molar-refractivity contribution in [2.45, 2.75) is 128 Å². The molecule has 3 fully saturated rings. The highest BCUT2D eigenvalue weighted by atomic mass is 16.6. The van der Waals surface area contributed by atoms with Crippen molar-refractivity contribution in [1.82, 2.24) is 19.6 Å². The first-order valence-electron chi connectivity index (χ1n) is 31.9. The monoisotopic (exact) mass is 1120 g/mol. The first-order chi connectivity index (χ1) is 38.9. The topological polar surface area (TPSA) is 142 Å². The molecule has 0 spiro atoms. The first kappa shape index (κ1) is 71.5. The molecule has 0 saturated carbocycles. The van der Waals surface area contributed by atoms with Crippen LogP contribution >= 0.6 is 0 Å². The maximum absolute atomic E-state index is 6.04. The van der Waals surface area contributed by atoms with Crippen LogP contribution in [0.5, 0.6) is 0 Å². The molecule has 0 radical (unpaired) electrons. The molecule has 0 aromatic heterocycles. The van der Waals surface area contributed by atoms with Gasteiger partial charge >= 0.3 is 0 Å². The summed E-state index contributed by atoms with van der Waals surface area (Å²) in [6, 6.07) is 0. The molecule has 3 aliphatic heterocycles. The predicted octanol–water partition coefficient (Wildman–Crippen LogP) is 7.27. The minimum Gasteiger partial charge on any atom is -0.378 e. The predicted molar refractivity (Wildman–Crippen MR) is 310 cm³/mol. The molecule has 0 atom stereocenters. The normalized spacial score (nSPS) is 21.8. The van der Waals surface area contributed by atoms with Crippen LogP contribution in [-0.2, 0) is 66.3 Å². The Bertz CT molecular complexity index is 1040. The zero-order valence-corrected chi connectivity index (χ0v) is 49.9. The fraction of sp³-hybridized carbons (Fsp3) is 1.00. The van der Waals surface area contributed by atoms with E-state index in [0.29, 0.717) is 132 Å². The van der Waals surface area contributed by atoms with Crippen molar-refractivity contribution >= 4 is 0 Å². The number of ether oxygens (including phenoxy) is 14. The molecule has 0 amide bonds. The van der Waals surface area contributed by atoms with Gasteiger partial charge in [-0.2, -0.15) is 0 Å². The average molecular weight is 1120 g/mol. The molecule has 0 bridgehead atoms. The highest BCUT2D eigenvalue weighted by Gasteiger charge is 2.11. The standard InChI is InChI=1S/C60H120N4O14/c1(3-7-11-15-19-23-63-29-37-69-45-49-73-53-57-77-58-54-74-50-46-70-38-30-63)5-9-13-17-21-61-25-33-65-41-43-67-35-27-62(28-36-68-44-42-66-34-26-61)22-18-14-10-6-2-4-8-12-16-20-24-64-31-39-71-47-51-75-55-59-78-60-56-76-52-48-72-40-32-64/h1-60H2. The van der Waals surface area contributed by atoms with E-state index < -0.39 is 0 Å². The van der Waals surface area contributed by atoms with Crippen molar-refractivity contribution in [3.63, 3.8) is 0 Å². The third-order valence-corrected chi connectivity index (χ3v) is 14.5. The van der Waals surface area contributed by atoms with Gasteiger partial charge in [-0.05, 0) is 51.9 Å². The molecule has 18 heteroatoms. The second-order valence-electron chi connectivity index (χ2n) is 21.0. The fourth-order valence-electron chi connectivity index (χ4n) is 9.67. The van der Waals surface area contributed by atoms with Gasteiger partial charge in [-0.25, -0.2) is 0 Å². The lowest BCUT2D eigenvalue weighted by Gasteiger charge is -2.23. The van der Waals surface area contributed by atoms with Crippen molar-refractivity contribution in [1.29, 1.82) is 0 Å². The van der Waals surface area contributed by atoms with E-state index in [1.165, 1.54) is 128 Å². The Labute approximate surface area is 476 Å². The molecule has 78 heavy (non-hydrogen) atoms. The van der Waals surface area contributed by atoms with Gasteiger partial charge in [0.25, 0.3) is 0 Å². The van der Waals surface area contributed by atoms with Gasteiger partial charge in [0, 0.05) is 52.4 Å². The van der Waals surface area contributed by atoms with Crippen molar-refractivity contribution in [2.75, 3.05) is 264 Å². The van der Waals surface area contributed by atoms with Gasteiger partial charge in [0.05, 0.1) is 185 Å². The molecule has 3 saturated heterocycles. The van der Waals surface area contributed by atoms with Crippen LogP contribution in [0.1, 0.15) is 128 Å². The number of unbranched alkanes of at least 4 members (excludes halogenated alkanes) is 18. The summed E-state index contributed by atoms with van der Waals surface area (Å²) in [7, 11) is 0. The van der Waals surface area contributed by atoms with E-state index in [1.54, 1.807) is 0 Å². The van der Waals surface area contributed by atoms with Crippen molar-refractivity contribution in [3.05, 3.63) is 0 Å². The smallest absolute Gasteiger partial charge is 0.0701 e. The molecule has 0 unspecified atom stereocenters. The van der Waals surface area contributed by atoms with Crippen LogP contribution in [0, 0.1) is 0 Å². The maximum Gasteiger partial charge on any atom is 0.0701 e. The summed E-state index contributed by atoms with van der Waals surface area (Å²) < 4.78 is 80.9. The van der Waals surface area contributed by atoms with Gasteiger partial charge in [0.2, 0.25) is 0 Å². The van der Waals surface area contributed by atoms with Crippen molar-refractivity contribution < 1.29 is 66.3 Å². The summed E-state index contributed by atoms with van der Waals surface area (Å²) in [5, 5.41) is 0. The van der Waals surface area contributed by atoms with Crippen LogP contribution in [0.2, 0.25) is 0 Å². The lowest BCUT2D eigenvalue weighted by molar-refractivity contribution is -0.0186. The lowest BCUT2D eigenvalue weighted by atomic mass is 10.1. The third kappa shape index (κ3) is 49.9. The van der Waals surface area contributed by atoms with Crippen LogP contribution in [0.4, 0.5) is 0 Å². The van der Waals surface area contributed by atoms with E-state index in [0.717, 1.165) is 131 Å². The summed E-state index contributed by atoms with van der Waals surface area (Å²) in [4.78, 5) is 10.0. The summed E-state index contributed by atoms with van der Waals surface area (Å²) in [5.74, 6) is 0. The van der Waals surface area contributed by atoms with Gasteiger partial charge in [0.1, 0.15) is 0 Å². The van der Waals surface area contributed by atoms with E-state index in [-0.39, 0.29) is 0 Å². The Morgan fingerprint density at radius 1 is 0.128 bits per heavy atom. The minimum absolute atomic E-state index is 0.587. The third-order valence-electron chi connectivity index (χ3n) is 14.5. The fourth-order valence-corrected chi connectivity index (χ4v) is 9.67. The van der Waals surface area contributed by atoms with Crippen LogP contribution in [0.15, 0.2) is 0 Å². The molecule has 0 aromatic rings.